The fourth-order valence-corrected chi connectivity index (χ4v) is 2.38. The molecule has 25 heavy (non-hydrogen) atoms. The van der Waals surface area contributed by atoms with Crippen molar-refractivity contribution in [3.8, 4) is 5.75 Å². The van der Waals surface area contributed by atoms with Crippen molar-refractivity contribution in [1.82, 2.24) is 4.90 Å². The normalized spacial score (nSPS) is 11.5. The van der Waals surface area contributed by atoms with E-state index in [2.05, 4.69) is 0 Å². The lowest BCUT2D eigenvalue weighted by Crippen LogP contribution is -2.30. The van der Waals surface area contributed by atoms with Gasteiger partial charge in [-0.3, -0.25) is 0 Å². The molecule has 5 nitrogen and oxygen atoms in total. The van der Waals surface area contributed by atoms with Gasteiger partial charge in [0.05, 0.1) is 18.2 Å². The molecule has 6 heteroatoms. The maximum atomic E-state index is 12.3. The van der Waals surface area contributed by atoms with Crippen LogP contribution in [0.3, 0.4) is 0 Å². The third-order valence-electron chi connectivity index (χ3n) is 3.79. The minimum atomic E-state index is -0.491. The molecule has 0 aliphatic heterocycles. The number of ether oxygens (including phenoxy) is 2. The molecule has 0 N–H and O–H groups in total. The van der Waals surface area contributed by atoms with Gasteiger partial charge < -0.3 is 14.4 Å². The van der Waals surface area contributed by atoms with Crippen LogP contribution in [0.4, 0.5) is 4.79 Å². The molecule has 0 heterocycles. The fourth-order valence-electron chi connectivity index (χ4n) is 2.26. The van der Waals surface area contributed by atoms with Crippen LogP contribution in [0.15, 0.2) is 48.5 Å². The lowest BCUT2D eigenvalue weighted by Gasteiger charge is -2.25. The summed E-state index contributed by atoms with van der Waals surface area (Å²) in [6, 6.07) is 13.2. The van der Waals surface area contributed by atoms with Gasteiger partial charge in [0.2, 0.25) is 0 Å². The van der Waals surface area contributed by atoms with Crippen molar-refractivity contribution in [1.29, 1.82) is 0 Å². The number of carbonyl (C=O) groups excluding carboxylic acids is 2. The second-order valence-corrected chi connectivity index (χ2v) is 5.86. The van der Waals surface area contributed by atoms with Gasteiger partial charge in [0.1, 0.15) is 5.75 Å². The molecular formula is C19H20ClNO4. The first-order valence-corrected chi connectivity index (χ1v) is 8.28. The standard InChI is InChI=1S/C19H20ClNO4/c1-4-24-19(23)21(3)13(2)16-7-5-6-8-17(16)25-18(22)14-9-11-15(20)12-10-14/h5-13H,4H2,1-3H3. The first kappa shape index (κ1) is 18.8. The van der Waals surface area contributed by atoms with Crippen molar-refractivity contribution in [2.45, 2.75) is 19.9 Å². The summed E-state index contributed by atoms with van der Waals surface area (Å²) >= 11 is 5.83. The summed E-state index contributed by atoms with van der Waals surface area (Å²) < 4.78 is 10.5. The van der Waals surface area contributed by atoms with Gasteiger partial charge >= 0.3 is 12.1 Å². The highest BCUT2D eigenvalue weighted by molar-refractivity contribution is 6.30. The van der Waals surface area contributed by atoms with Gasteiger partial charge in [-0.1, -0.05) is 29.8 Å². The van der Waals surface area contributed by atoms with Crippen LogP contribution in [0, 0.1) is 0 Å². The fraction of sp³-hybridized carbons (Fsp3) is 0.263. The smallest absolute Gasteiger partial charge is 0.409 e. The van der Waals surface area contributed by atoms with Crippen molar-refractivity contribution < 1.29 is 19.1 Å². The summed E-state index contributed by atoms with van der Waals surface area (Å²) in [5.41, 5.74) is 1.10. The van der Waals surface area contributed by atoms with Crippen molar-refractivity contribution in [2.75, 3.05) is 13.7 Å². The third kappa shape index (κ3) is 4.73. The summed E-state index contributed by atoms with van der Waals surface area (Å²) in [4.78, 5) is 25.7. The molecule has 2 rings (SSSR count). The van der Waals surface area contributed by atoms with E-state index in [0.717, 1.165) is 0 Å². The Morgan fingerprint density at radius 2 is 1.76 bits per heavy atom. The van der Waals surface area contributed by atoms with E-state index in [0.29, 0.717) is 28.5 Å². The Balaban J connectivity index is 2.21. The van der Waals surface area contributed by atoms with E-state index < -0.39 is 12.1 Å². The lowest BCUT2D eigenvalue weighted by atomic mass is 10.1. The Hall–Kier alpha value is -2.53. The number of esters is 1. The zero-order valence-electron chi connectivity index (χ0n) is 14.4. The number of hydrogen-bond donors (Lipinski definition) is 0. The summed E-state index contributed by atoms with van der Waals surface area (Å²) in [7, 11) is 1.64. The van der Waals surface area contributed by atoms with Crippen LogP contribution in [-0.2, 0) is 4.74 Å². The largest absolute Gasteiger partial charge is 0.450 e. The number of amides is 1. The molecular weight excluding hydrogens is 342 g/mol. The highest BCUT2D eigenvalue weighted by Gasteiger charge is 2.22. The number of carbonyl (C=O) groups is 2. The second kappa shape index (κ2) is 8.53. The minimum absolute atomic E-state index is 0.295. The molecule has 1 atom stereocenters. The molecule has 0 fully saturated rings. The van der Waals surface area contributed by atoms with E-state index in [-0.39, 0.29) is 6.04 Å². The van der Waals surface area contributed by atoms with E-state index >= 15 is 0 Å². The highest BCUT2D eigenvalue weighted by Crippen LogP contribution is 2.29. The molecule has 0 bridgehead atoms. The molecule has 0 aliphatic carbocycles. The number of hydrogen-bond acceptors (Lipinski definition) is 4. The van der Waals surface area contributed by atoms with E-state index in [1.807, 2.05) is 19.1 Å². The van der Waals surface area contributed by atoms with Gasteiger partial charge in [-0.25, -0.2) is 9.59 Å². The summed E-state index contributed by atoms with van der Waals surface area (Å²) in [5.74, 6) is -0.0961. The minimum Gasteiger partial charge on any atom is -0.450 e. The molecule has 2 aromatic rings. The third-order valence-corrected chi connectivity index (χ3v) is 4.04. The van der Waals surface area contributed by atoms with Gasteiger partial charge in [0.15, 0.2) is 0 Å². The van der Waals surface area contributed by atoms with Gasteiger partial charge in [-0.2, -0.15) is 0 Å². The average Bonchev–Trinajstić information content (AvgIpc) is 2.61. The Bertz CT molecular complexity index is 745. The van der Waals surface area contributed by atoms with Gasteiger partial charge in [0.25, 0.3) is 0 Å². The van der Waals surface area contributed by atoms with Crippen LogP contribution in [0.5, 0.6) is 5.75 Å². The van der Waals surface area contributed by atoms with Gasteiger partial charge in [0, 0.05) is 17.6 Å². The maximum Gasteiger partial charge on any atom is 0.409 e. The van der Waals surface area contributed by atoms with E-state index in [4.69, 9.17) is 21.1 Å². The SMILES string of the molecule is CCOC(=O)N(C)C(C)c1ccccc1OC(=O)c1ccc(Cl)cc1. The van der Waals surface area contributed by atoms with Crippen LogP contribution in [0.25, 0.3) is 0 Å². The molecule has 1 amide bonds. The second-order valence-electron chi connectivity index (χ2n) is 5.42. The highest BCUT2D eigenvalue weighted by atomic mass is 35.5. The van der Waals surface area contributed by atoms with Gasteiger partial charge in [-0.05, 0) is 44.2 Å². The lowest BCUT2D eigenvalue weighted by molar-refractivity contribution is 0.0729. The zero-order chi connectivity index (χ0) is 18.4. The summed E-state index contributed by atoms with van der Waals surface area (Å²) in [5, 5.41) is 0.543. The first-order valence-electron chi connectivity index (χ1n) is 7.90. The molecule has 0 aliphatic rings. The number of para-hydroxylation sites is 1. The molecule has 0 spiro atoms. The number of benzene rings is 2. The van der Waals surface area contributed by atoms with Crippen LogP contribution < -0.4 is 4.74 Å². The molecule has 0 saturated carbocycles. The maximum absolute atomic E-state index is 12.3. The molecule has 2 aromatic carbocycles. The Morgan fingerprint density at radius 1 is 1.12 bits per heavy atom. The van der Waals surface area contributed by atoms with Crippen LogP contribution in [-0.4, -0.2) is 30.6 Å². The van der Waals surface area contributed by atoms with Crippen molar-refractivity contribution in [2.24, 2.45) is 0 Å². The number of nitrogens with zero attached hydrogens (tertiary/aromatic N) is 1. The van der Waals surface area contributed by atoms with Gasteiger partial charge in [-0.15, -0.1) is 0 Å². The Kier molecular flexibility index (Phi) is 6.42. The monoisotopic (exact) mass is 361 g/mol. The molecule has 1 unspecified atom stereocenters. The van der Waals surface area contributed by atoms with Crippen molar-refractivity contribution in [3.63, 3.8) is 0 Å². The van der Waals surface area contributed by atoms with Crippen molar-refractivity contribution in [3.05, 3.63) is 64.7 Å². The predicted octanol–water partition coefficient (Wildman–Crippen LogP) is 4.71. The van der Waals surface area contributed by atoms with Crippen molar-refractivity contribution >= 4 is 23.7 Å². The summed E-state index contributed by atoms with van der Waals surface area (Å²) in [6.45, 7) is 3.88. The first-order chi connectivity index (χ1) is 11.9. The molecule has 0 aromatic heterocycles. The topological polar surface area (TPSA) is 55.8 Å². The Morgan fingerprint density at radius 3 is 2.40 bits per heavy atom. The van der Waals surface area contributed by atoms with Crippen LogP contribution in [0.1, 0.15) is 35.8 Å². The number of rotatable bonds is 5. The number of halogens is 1. The average molecular weight is 362 g/mol. The summed E-state index contributed by atoms with van der Waals surface area (Å²) in [6.07, 6.45) is -0.436. The molecule has 0 radical (unpaired) electrons. The predicted molar refractivity (Wildman–Crippen MR) is 96.1 cm³/mol. The van der Waals surface area contributed by atoms with Crippen LogP contribution >= 0.6 is 11.6 Å². The zero-order valence-corrected chi connectivity index (χ0v) is 15.1. The molecule has 132 valence electrons. The Labute approximate surface area is 152 Å². The van der Waals surface area contributed by atoms with E-state index in [1.165, 1.54) is 4.90 Å². The van der Waals surface area contributed by atoms with Crippen LogP contribution in [0.2, 0.25) is 5.02 Å². The van der Waals surface area contributed by atoms with E-state index in [9.17, 15) is 9.59 Å². The molecule has 0 saturated heterocycles. The quantitative estimate of drug-likeness (QED) is 0.571. The van der Waals surface area contributed by atoms with E-state index in [1.54, 1.807) is 50.4 Å².